The molecule has 2 rings (SSSR count). The fraction of sp³-hybridized carbons (Fsp3) is 0.263. The third kappa shape index (κ3) is 6.16. The number of rotatable bonds is 8. The smallest absolute Gasteiger partial charge is 0.303 e. The van der Waals surface area contributed by atoms with Crippen LogP contribution in [0.15, 0.2) is 59.1 Å². The van der Waals surface area contributed by atoms with Crippen LogP contribution < -0.4 is 5.32 Å². The van der Waals surface area contributed by atoms with Crippen molar-refractivity contribution in [2.75, 3.05) is 0 Å². The summed E-state index contributed by atoms with van der Waals surface area (Å²) in [7, 11) is 0. The lowest BCUT2D eigenvalue weighted by molar-refractivity contribution is -0.137. The summed E-state index contributed by atoms with van der Waals surface area (Å²) in [5.41, 5.74) is 1.99. The quantitative estimate of drug-likeness (QED) is 0.724. The molecule has 4 nitrogen and oxygen atoms in total. The van der Waals surface area contributed by atoms with Gasteiger partial charge in [-0.15, -0.1) is 0 Å². The van der Waals surface area contributed by atoms with Crippen molar-refractivity contribution in [3.8, 4) is 0 Å². The van der Waals surface area contributed by atoms with Crippen molar-refractivity contribution in [3.63, 3.8) is 0 Å². The molecule has 24 heavy (non-hydrogen) atoms. The van der Waals surface area contributed by atoms with Crippen molar-refractivity contribution in [2.45, 2.75) is 31.7 Å². The maximum Gasteiger partial charge on any atom is 0.303 e. The molecule has 1 atom stereocenters. The van der Waals surface area contributed by atoms with E-state index in [1.54, 1.807) is 0 Å². The first-order valence-corrected chi connectivity index (χ1v) is 8.62. The molecule has 0 radical (unpaired) electrons. The van der Waals surface area contributed by atoms with Crippen molar-refractivity contribution >= 4 is 27.8 Å². The van der Waals surface area contributed by atoms with E-state index in [1.165, 1.54) is 0 Å². The molecule has 1 unspecified atom stereocenters. The van der Waals surface area contributed by atoms with Gasteiger partial charge in [-0.3, -0.25) is 9.59 Å². The normalized spacial score (nSPS) is 11.7. The number of nitrogens with one attached hydrogen (secondary N) is 1. The molecule has 0 spiro atoms. The standard InChI is InChI=1S/C19H20BrNO3/c20-17-9-5-4-8-15(17)13-18(22)21-16(10-11-19(23)24)12-14-6-2-1-3-7-14/h1-9,16H,10-13H2,(H,21,22)(H,23,24). The van der Waals surface area contributed by atoms with Crippen LogP contribution in [0.3, 0.4) is 0 Å². The largest absolute Gasteiger partial charge is 0.481 e. The van der Waals surface area contributed by atoms with Crippen LogP contribution in [0.2, 0.25) is 0 Å². The van der Waals surface area contributed by atoms with Crippen LogP contribution in [0, 0.1) is 0 Å². The fourth-order valence-corrected chi connectivity index (χ4v) is 2.94. The Morgan fingerprint density at radius 1 is 1.04 bits per heavy atom. The summed E-state index contributed by atoms with van der Waals surface area (Å²) in [5.74, 6) is -0.957. The Morgan fingerprint density at radius 3 is 2.38 bits per heavy atom. The van der Waals surface area contributed by atoms with E-state index in [4.69, 9.17) is 5.11 Å². The molecule has 0 saturated carbocycles. The highest BCUT2D eigenvalue weighted by Gasteiger charge is 2.15. The van der Waals surface area contributed by atoms with E-state index >= 15 is 0 Å². The Morgan fingerprint density at radius 2 is 1.71 bits per heavy atom. The summed E-state index contributed by atoms with van der Waals surface area (Å²) in [6.07, 6.45) is 1.33. The third-order valence-corrected chi connectivity index (χ3v) is 4.48. The van der Waals surface area contributed by atoms with Gasteiger partial charge in [-0.25, -0.2) is 0 Å². The number of carboxylic acid groups (broad SMARTS) is 1. The van der Waals surface area contributed by atoms with Gasteiger partial charge in [-0.05, 0) is 30.0 Å². The molecule has 0 aliphatic rings. The molecule has 0 aliphatic carbocycles. The number of carbonyl (C=O) groups is 2. The van der Waals surface area contributed by atoms with E-state index in [0.29, 0.717) is 12.8 Å². The molecule has 0 aromatic heterocycles. The number of aliphatic carboxylic acids is 1. The van der Waals surface area contributed by atoms with E-state index in [1.807, 2.05) is 54.6 Å². The minimum absolute atomic E-state index is 0.0345. The number of hydrogen-bond acceptors (Lipinski definition) is 2. The Balaban J connectivity index is 1.99. The zero-order valence-electron chi connectivity index (χ0n) is 13.2. The van der Waals surface area contributed by atoms with Crippen molar-refractivity contribution < 1.29 is 14.7 Å². The minimum Gasteiger partial charge on any atom is -0.481 e. The fourth-order valence-electron chi connectivity index (χ4n) is 2.52. The van der Waals surface area contributed by atoms with Gasteiger partial charge in [0, 0.05) is 16.9 Å². The molecule has 1 amide bonds. The highest BCUT2D eigenvalue weighted by Crippen LogP contribution is 2.16. The van der Waals surface area contributed by atoms with Gasteiger partial charge < -0.3 is 10.4 Å². The van der Waals surface area contributed by atoms with Gasteiger partial charge in [0.25, 0.3) is 0 Å². The van der Waals surface area contributed by atoms with Crippen LogP contribution in [0.25, 0.3) is 0 Å². The molecule has 0 aliphatic heterocycles. The average molecular weight is 390 g/mol. The van der Waals surface area contributed by atoms with Gasteiger partial charge >= 0.3 is 5.97 Å². The van der Waals surface area contributed by atoms with Gasteiger partial charge in [0.2, 0.25) is 5.91 Å². The monoisotopic (exact) mass is 389 g/mol. The van der Waals surface area contributed by atoms with Crippen LogP contribution in [-0.4, -0.2) is 23.0 Å². The van der Waals surface area contributed by atoms with Gasteiger partial charge in [-0.1, -0.05) is 64.5 Å². The Kier molecular flexibility index (Phi) is 7.00. The van der Waals surface area contributed by atoms with E-state index in [-0.39, 0.29) is 24.8 Å². The minimum atomic E-state index is -0.854. The highest BCUT2D eigenvalue weighted by atomic mass is 79.9. The molecule has 0 saturated heterocycles. The molecule has 2 aromatic rings. The molecule has 0 heterocycles. The Bertz CT molecular complexity index is 688. The molecular formula is C19H20BrNO3. The highest BCUT2D eigenvalue weighted by molar-refractivity contribution is 9.10. The van der Waals surface area contributed by atoms with Gasteiger partial charge in [0.05, 0.1) is 6.42 Å². The molecule has 2 N–H and O–H groups in total. The van der Waals surface area contributed by atoms with Crippen molar-refractivity contribution in [3.05, 3.63) is 70.2 Å². The van der Waals surface area contributed by atoms with E-state index in [0.717, 1.165) is 15.6 Å². The first kappa shape index (κ1) is 18.2. The van der Waals surface area contributed by atoms with Crippen molar-refractivity contribution in [1.29, 1.82) is 0 Å². The number of carboxylic acids is 1. The number of carbonyl (C=O) groups excluding carboxylic acids is 1. The van der Waals surface area contributed by atoms with Crippen molar-refractivity contribution in [1.82, 2.24) is 5.32 Å². The van der Waals surface area contributed by atoms with Gasteiger partial charge in [-0.2, -0.15) is 0 Å². The second-order valence-corrected chi connectivity index (χ2v) is 6.51. The summed E-state index contributed by atoms with van der Waals surface area (Å²) in [5, 5.41) is 11.9. The maximum atomic E-state index is 12.3. The topological polar surface area (TPSA) is 66.4 Å². The lowest BCUT2D eigenvalue weighted by atomic mass is 10.0. The zero-order valence-corrected chi connectivity index (χ0v) is 14.8. The van der Waals surface area contributed by atoms with Crippen LogP contribution in [0.4, 0.5) is 0 Å². The predicted molar refractivity (Wildman–Crippen MR) is 96.8 cm³/mol. The predicted octanol–water partition coefficient (Wildman–Crippen LogP) is 3.58. The molecule has 0 bridgehead atoms. The summed E-state index contributed by atoms with van der Waals surface area (Å²) in [6, 6.07) is 17.2. The lowest BCUT2D eigenvalue weighted by Gasteiger charge is -2.18. The number of benzene rings is 2. The molecule has 5 heteroatoms. The van der Waals surface area contributed by atoms with Crippen LogP contribution in [0.5, 0.6) is 0 Å². The number of amides is 1. The molecular weight excluding hydrogens is 370 g/mol. The van der Waals surface area contributed by atoms with Crippen molar-refractivity contribution in [2.24, 2.45) is 0 Å². The summed E-state index contributed by atoms with van der Waals surface area (Å²) in [6.45, 7) is 0. The molecule has 2 aromatic carbocycles. The first-order valence-electron chi connectivity index (χ1n) is 7.83. The van der Waals surface area contributed by atoms with E-state index in [9.17, 15) is 9.59 Å². The zero-order chi connectivity index (χ0) is 17.4. The van der Waals surface area contributed by atoms with Gasteiger partial charge in [0.15, 0.2) is 0 Å². The van der Waals surface area contributed by atoms with Crippen LogP contribution in [-0.2, 0) is 22.4 Å². The van der Waals surface area contributed by atoms with Gasteiger partial charge in [0.1, 0.15) is 0 Å². The first-order chi connectivity index (χ1) is 11.5. The third-order valence-electron chi connectivity index (χ3n) is 3.71. The molecule has 0 fully saturated rings. The second kappa shape index (κ2) is 9.23. The SMILES string of the molecule is O=C(O)CCC(Cc1ccccc1)NC(=O)Cc1ccccc1Br. The summed E-state index contributed by atoms with van der Waals surface area (Å²) < 4.78 is 0.894. The van der Waals surface area contributed by atoms with E-state index in [2.05, 4.69) is 21.2 Å². The number of halogens is 1. The maximum absolute atomic E-state index is 12.3. The Hall–Kier alpha value is -2.14. The summed E-state index contributed by atoms with van der Waals surface area (Å²) >= 11 is 3.44. The van der Waals surface area contributed by atoms with Crippen LogP contribution >= 0.6 is 15.9 Å². The number of hydrogen-bond donors (Lipinski definition) is 2. The Labute approximate surface area is 150 Å². The lowest BCUT2D eigenvalue weighted by Crippen LogP contribution is -2.37. The molecule has 126 valence electrons. The average Bonchev–Trinajstić information content (AvgIpc) is 2.56. The summed E-state index contributed by atoms with van der Waals surface area (Å²) in [4.78, 5) is 23.2. The van der Waals surface area contributed by atoms with E-state index < -0.39 is 5.97 Å². The second-order valence-electron chi connectivity index (χ2n) is 5.65. The van der Waals surface area contributed by atoms with Crippen LogP contribution in [0.1, 0.15) is 24.0 Å².